The molecule has 0 radical (unpaired) electrons. The van der Waals surface area contributed by atoms with Crippen LogP contribution in [0, 0.1) is 11.8 Å². The molecule has 0 bridgehead atoms. The molecule has 1 unspecified atom stereocenters. The average Bonchev–Trinajstić information content (AvgIpc) is 2.77. The molecule has 1 heterocycles. The molecule has 1 atom stereocenters. The largest absolute Gasteiger partial charge is 0.309 e. The van der Waals surface area contributed by atoms with E-state index in [4.69, 9.17) is 4.98 Å². The lowest BCUT2D eigenvalue weighted by Gasteiger charge is -2.22. The van der Waals surface area contributed by atoms with Crippen LogP contribution in [-0.4, -0.2) is 15.9 Å². The fourth-order valence-electron chi connectivity index (χ4n) is 4.35. The second-order valence-electron chi connectivity index (χ2n) is 8.49. The number of rotatable bonds is 6. The lowest BCUT2D eigenvalue weighted by molar-refractivity contribution is -0.115. The summed E-state index contributed by atoms with van der Waals surface area (Å²) < 4.78 is 0. The number of anilines is 1. The number of nitrogens with zero attached hydrogens (tertiary/aromatic N) is 2. The summed E-state index contributed by atoms with van der Waals surface area (Å²) in [6, 6.07) is 9.79. The Labute approximate surface area is 178 Å². The second-order valence-corrected chi connectivity index (χ2v) is 8.49. The third-order valence-electron chi connectivity index (χ3n) is 6.07. The molecule has 2 aliphatic rings. The Balaban J connectivity index is 1.58. The molecule has 2 aliphatic carbocycles. The van der Waals surface area contributed by atoms with Gasteiger partial charge in [0.1, 0.15) is 0 Å². The van der Waals surface area contributed by atoms with Gasteiger partial charge in [0, 0.05) is 5.57 Å². The van der Waals surface area contributed by atoms with Crippen LogP contribution in [0.1, 0.15) is 62.4 Å². The maximum absolute atomic E-state index is 12.7. The van der Waals surface area contributed by atoms with Crippen LogP contribution in [-0.2, 0) is 17.6 Å². The van der Waals surface area contributed by atoms with E-state index >= 15 is 0 Å². The number of carbonyl (C=O) groups excluding carboxylic acids is 1. The number of carbonyl (C=O) groups is 1. The van der Waals surface area contributed by atoms with Crippen molar-refractivity contribution in [1.82, 2.24) is 9.97 Å². The molecule has 2 aromatic rings. The molecule has 1 saturated carbocycles. The molecule has 0 aliphatic heterocycles. The van der Waals surface area contributed by atoms with E-state index in [0.29, 0.717) is 24.1 Å². The first-order valence-corrected chi connectivity index (χ1v) is 11.1. The fraction of sp³-hybridized carbons (Fsp3) is 0.423. The Bertz CT molecular complexity index is 992. The molecule has 154 valence electrons. The van der Waals surface area contributed by atoms with Crippen molar-refractivity contribution in [3.63, 3.8) is 0 Å². The van der Waals surface area contributed by atoms with Crippen molar-refractivity contribution in [2.24, 2.45) is 11.8 Å². The summed E-state index contributed by atoms with van der Waals surface area (Å²) in [5.74, 6) is 1.51. The lowest BCUT2D eigenvalue weighted by Crippen LogP contribution is -2.20. The van der Waals surface area contributed by atoms with Crippen LogP contribution in [0.15, 0.2) is 54.1 Å². The number of hydrogen-bond donors (Lipinski definition) is 1. The van der Waals surface area contributed by atoms with Crippen LogP contribution in [0.3, 0.4) is 0 Å². The van der Waals surface area contributed by atoms with E-state index in [1.54, 1.807) is 6.20 Å². The first kappa shape index (κ1) is 20.3. The Hall–Kier alpha value is -2.93. The Kier molecular flexibility index (Phi) is 6.59. The minimum Gasteiger partial charge on any atom is -0.309 e. The molecule has 1 aromatic carbocycles. The van der Waals surface area contributed by atoms with Crippen molar-refractivity contribution in [2.75, 3.05) is 5.32 Å². The zero-order valence-corrected chi connectivity index (χ0v) is 17.7. The second kappa shape index (κ2) is 9.71. The Morgan fingerprint density at radius 2 is 1.97 bits per heavy atom. The molecule has 0 saturated heterocycles. The van der Waals surface area contributed by atoms with Crippen molar-refractivity contribution < 1.29 is 4.79 Å². The van der Waals surface area contributed by atoms with Crippen molar-refractivity contribution in [3.05, 3.63) is 71.0 Å². The smallest absolute Gasteiger partial charge is 0.229 e. The zero-order valence-electron chi connectivity index (χ0n) is 17.7. The topological polar surface area (TPSA) is 54.9 Å². The van der Waals surface area contributed by atoms with Crippen molar-refractivity contribution >= 4 is 17.3 Å². The Morgan fingerprint density at radius 3 is 2.73 bits per heavy atom. The first-order chi connectivity index (χ1) is 14.7. The Morgan fingerprint density at radius 1 is 1.17 bits per heavy atom. The number of benzene rings is 1. The molecule has 1 amide bonds. The SMILES string of the molecule is CC1CC=C=C=C1c1cnc(NC(=O)Cc2ccccc2)c(CC2CCCCC2)n1. The normalized spacial score (nSPS) is 18.8. The van der Waals surface area contributed by atoms with E-state index < -0.39 is 0 Å². The van der Waals surface area contributed by atoms with E-state index in [-0.39, 0.29) is 5.91 Å². The van der Waals surface area contributed by atoms with Crippen molar-refractivity contribution in [1.29, 1.82) is 0 Å². The van der Waals surface area contributed by atoms with Gasteiger partial charge in [-0.15, -0.1) is 0 Å². The summed E-state index contributed by atoms with van der Waals surface area (Å²) in [7, 11) is 0. The minimum atomic E-state index is -0.0544. The summed E-state index contributed by atoms with van der Waals surface area (Å²) in [4.78, 5) is 22.3. The van der Waals surface area contributed by atoms with Gasteiger partial charge in [0.15, 0.2) is 5.82 Å². The van der Waals surface area contributed by atoms with Crippen LogP contribution in [0.2, 0.25) is 0 Å². The number of hydrogen-bond acceptors (Lipinski definition) is 3. The monoisotopic (exact) mass is 399 g/mol. The first-order valence-electron chi connectivity index (χ1n) is 11.1. The van der Waals surface area contributed by atoms with Crippen LogP contribution in [0.4, 0.5) is 5.82 Å². The maximum Gasteiger partial charge on any atom is 0.229 e. The molecule has 1 aromatic heterocycles. The van der Waals surface area contributed by atoms with E-state index in [1.165, 1.54) is 32.1 Å². The summed E-state index contributed by atoms with van der Waals surface area (Å²) in [5, 5.41) is 3.03. The standard InChI is InChI=1S/C26H29N3O/c1-19-10-8-9-15-22(19)24-18-27-26(23(28-24)16-20-11-4-2-5-12-20)29-25(30)17-21-13-6-3-7-14-21/h3,6-8,13-14,18-20H,2,4-5,10-12,16-17H2,1H3,(H,27,29,30). The predicted octanol–water partition coefficient (Wildman–Crippen LogP) is 5.51. The van der Waals surface area contributed by atoms with Gasteiger partial charge in [-0.25, -0.2) is 9.97 Å². The minimum absolute atomic E-state index is 0.0544. The van der Waals surface area contributed by atoms with Gasteiger partial charge in [0.05, 0.1) is 24.0 Å². The summed E-state index contributed by atoms with van der Waals surface area (Å²) in [5.41, 5.74) is 10.1. The van der Waals surface area contributed by atoms with E-state index in [2.05, 4.69) is 28.7 Å². The summed E-state index contributed by atoms with van der Waals surface area (Å²) in [6.45, 7) is 2.18. The molecule has 4 nitrogen and oxygen atoms in total. The van der Waals surface area contributed by atoms with Crippen molar-refractivity contribution in [2.45, 2.75) is 58.3 Å². The molecule has 0 spiro atoms. The average molecular weight is 400 g/mol. The fourth-order valence-corrected chi connectivity index (χ4v) is 4.35. The quantitative estimate of drug-likeness (QED) is 0.651. The van der Waals surface area contributed by atoms with E-state index in [1.807, 2.05) is 36.4 Å². The van der Waals surface area contributed by atoms with Gasteiger partial charge in [-0.1, -0.05) is 80.8 Å². The third-order valence-corrected chi connectivity index (χ3v) is 6.07. The van der Waals surface area contributed by atoms with E-state index in [0.717, 1.165) is 35.4 Å². The summed E-state index contributed by atoms with van der Waals surface area (Å²) >= 11 is 0. The van der Waals surface area contributed by atoms with Crippen LogP contribution in [0.5, 0.6) is 0 Å². The number of aromatic nitrogens is 2. The van der Waals surface area contributed by atoms with Gasteiger partial charge in [0.2, 0.25) is 5.91 Å². The van der Waals surface area contributed by atoms with Gasteiger partial charge in [0.25, 0.3) is 0 Å². The molecular weight excluding hydrogens is 370 g/mol. The van der Waals surface area contributed by atoms with Gasteiger partial charge < -0.3 is 5.32 Å². The van der Waals surface area contributed by atoms with Crippen LogP contribution >= 0.6 is 0 Å². The molecule has 4 heteroatoms. The third kappa shape index (κ3) is 5.16. The number of allylic oxidation sites excluding steroid dienone is 2. The molecule has 1 N–H and O–H groups in total. The molecule has 4 rings (SSSR count). The molecule has 1 fully saturated rings. The maximum atomic E-state index is 12.7. The van der Waals surface area contributed by atoms with Gasteiger partial charge in [-0.3, -0.25) is 4.79 Å². The predicted molar refractivity (Wildman–Crippen MR) is 120 cm³/mol. The highest BCUT2D eigenvalue weighted by atomic mass is 16.1. The number of amides is 1. The number of nitrogens with one attached hydrogen (secondary N) is 1. The highest BCUT2D eigenvalue weighted by Crippen LogP contribution is 2.30. The highest BCUT2D eigenvalue weighted by Gasteiger charge is 2.21. The van der Waals surface area contributed by atoms with Gasteiger partial charge >= 0.3 is 0 Å². The molecular formula is C26H29N3O. The van der Waals surface area contributed by atoms with Gasteiger partial charge in [-0.2, -0.15) is 0 Å². The zero-order chi connectivity index (χ0) is 20.8. The molecule has 30 heavy (non-hydrogen) atoms. The lowest BCUT2D eigenvalue weighted by atomic mass is 9.86. The van der Waals surface area contributed by atoms with E-state index in [9.17, 15) is 4.79 Å². The van der Waals surface area contributed by atoms with Gasteiger partial charge in [-0.05, 0) is 36.3 Å². The van der Waals surface area contributed by atoms with Crippen molar-refractivity contribution in [3.8, 4) is 0 Å². The summed E-state index contributed by atoms with van der Waals surface area (Å²) in [6.07, 6.45) is 12.3. The van der Waals surface area contributed by atoms with Crippen LogP contribution in [0.25, 0.3) is 5.57 Å². The highest BCUT2D eigenvalue weighted by molar-refractivity contribution is 5.91. The van der Waals surface area contributed by atoms with Crippen LogP contribution < -0.4 is 5.32 Å².